The first-order chi connectivity index (χ1) is 13.2. The molecule has 0 atom stereocenters. The van der Waals surface area contributed by atoms with E-state index in [2.05, 4.69) is 0 Å². The van der Waals surface area contributed by atoms with Gasteiger partial charge in [0.05, 0.1) is 41.7 Å². The van der Waals surface area contributed by atoms with Gasteiger partial charge in [-0.3, -0.25) is 0 Å². The highest BCUT2D eigenvalue weighted by Crippen LogP contribution is 2.37. The largest absolute Gasteiger partial charge is 0.493 e. The summed E-state index contributed by atoms with van der Waals surface area (Å²) in [6, 6.07) is 10.9. The van der Waals surface area contributed by atoms with Crippen LogP contribution in [0.15, 0.2) is 36.4 Å². The zero-order valence-electron chi connectivity index (χ0n) is 16.2. The highest BCUT2D eigenvalue weighted by Gasteiger charge is 2.12. The zero-order chi connectivity index (χ0) is 19.5. The monoisotopic (exact) mass is 378 g/mol. The Bertz CT molecular complexity index is 599. The van der Waals surface area contributed by atoms with Crippen molar-refractivity contribution in [2.24, 2.45) is 0 Å². The summed E-state index contributed by atoms with van der Waals surface area (Å²) in [7, 11) is 6.34. The number of methoxy groups -OCH3 is 4. The lowest BCUT2D eigenvalue weighted by molar-refractivity contribution is 0.0736. The van der Waals surface area contributed by atoms with Crippen molar-refractivity contribution in [3.05, 3.63) is 36.4 Å². The summed E-state index contributed by atoms with van der Waals surface area (Å²) in [6.45, 7) is 1.50. The van der Waals surface area contributed by atoms with Gasteiger partial charge in [-0.2, -0.15) is 0 Å². The van der Waals surface area contributed by atoms with E-state index in [0.29, 0.717) is 60.9 Å². The van der Waals surface area contributed by atoms with Crippen molar-refractivity contribution in [3.63, 3.8) is 0 Å². The van der Waals surface area contributed by atoms with E-state index in [1.54, 1.807) is 28.4 Å². The molecule has 0 N–H and O–H groups in total. The quantitative estimate of drug-likeness (QED) is 0.526. The lowest BCUT2D eigenvalue weighted by Crippen LogP contribution is -2.13. The molecule has 2 aromatic carbocycles. The maximum Gasteiger partial charge on any atom is 0.203 e. The molecule has 0 aliphatic carbocycles. The van der Waals surface area contributed by atoms with Crippen molar-refractivity contribution >= 4 is 0 Å². The molecule has 148 valence electrons. The van der Waals surface area contributed by atoms with Crippen LogP contribution >= 0.6 is 0 Å². The van der Waals surface area contributed by atoms with Crippen LogP contribution in [-0.4, -0.2) is 54.9 Å². The van der Waals surface area contributed by atoms with Gasteiger partial charge in [0.25, 0.3) is 0 Å². The number of rotatable bonds is 12. The first-order valence-corrected chi connectivity index (χ1v) is 8.50. The molecule has 0 aromatic heterocycles. The summed E-state index contributed by atoms with van der Waals surface area (Å²) in [4.78, 5) is 0. The van der Waals surface area contributed by atoms with Crippen molar-refractivity contribution in [3.8, 4) is 34.5 Å². The van der Waals surface area contributed by atoms with Crippen molar-refractivity contribution in [1.29, 1.82) is 0 Å². The van der Waals surface area contributed by atoms with E-state index in [4.69, 9.17) is 33.2 Å². The molecule has 0 aliphatic rings. The molecule has 0 aliphatic heterocycles. The molecule has 27 heavy (non-hydrogen) atoms. The van der Waals surface area contributed by atoms with Gasteiger partial charge in [-0.15, -0.1) is 0 Å². The van der Waals surface area contributed by atoms with Crippen molar-refractivity contribution in [1.82, 2.24) is 0 Å². The van der Waals surface area contributed by atoms with Gasteiger partial charge in [0.15, 0.2) is 23.0 Å². The molecule has 7 heteroatoms. The second-order valence-electron chi connectivity index (χ2n) is 5.29. The molecule has 2 rings (SSSR count). The predicted molar refractivity (Wildman–Crippen MR) is 101 cm³/mol. The van der Waals surface area contributed by atoms with Crippen LogP contribution in [0, 0.1) is 0 Å². The molecular formula is C20H26O7. The fourth-order valence-electron chi connectivity index (χ4n) is 2.43. The second-order valence-corrected chi connectivity index (χ2v) is 5.29. The summed E-state index contributed by atoms with van der Waals surface area (Å²) in [5, 5.41) is 0. The Morgan fingerprint density at radius 1 is 0.519 bits per heavy atom. The first-order valence-electron chi connectivity index (χ1n) is 8.50. The Balaban J connectivity index is 1.75. The van der Waals surface area contributed by atoms with Gasteiger partial charge in [0.1, 0.15) is 13.2 Å². The van der Waals surface area contributed by atoms with E-state index in [9.17, 15) is 0 Å². The number of para-hydroxylation sites is 2. The van der Waals surface area contributed by atoms with Gasteiger partial charge in [-0.1, -0.05) is 12.1 Å². The fraction of sp³-hybridized carbons (Fsp3) is 0.400. The molecule has 0 unspecified atom stereocenters. The number of hydrogen-bond acceptors (Lipinski definition) is 7. The summed E-state index contributed by atoms with van der Waals surface area (Å²) in [6.07, 6.45) is 0. The molecule has 0 saturated heterocycles. The van der Waals surface area contributed by atoms with Crippen LogP contribution in [0.2, 0.25) is 0 Å². The Hall–Kier alpha value is -2.80. The normalized spacial score (nSPS) is 10.2. The summed E-state index contributed by atoms with van der Waals surface area (Å²) in [5.74, 6) is 3.56. The molecule has 0 spiro atoms. The minimum atomic E-state index is 0.356. The summed E-state index contributed by atoms with van der Waals surface area (Å²) < 4.78 is 38.2. The van der Waals surface area contributed by atoms with E-state index in [1.165, 1.54) is 0 Å². The molecule has 0 heterocycles. The van der Waals surface area contributed by atoms with Gasteiger partial charge in [-0.25, -0.2) is 0 Å². The smallest absolute Gasteiger partial charge is 0.203 e. The van der Waals surface area contributed by atoms with E-state index < -0.39 is 0 Å². The van der Waals surface area contributed by atoms with E-state index in [0.717, 1.165) is 0 Å². The van der Waals surface area contributed by atoms with Crippen LogP contribution in [0.4, 0.5) is 0 Å². The van der Waals surface area contributed by atoms with Gasteiger partial charge < -0.3 is 33.2 Å². The van der Waals surface area contributed by atoms with E-state index in [1.807, 2.05) is 36.4 Å². The first kappa shape index (κ1) is 20.5. The lowest BCUT2D eigenvalue weighted by atomic mass is 10.3. The van der Waals surface area contributed by atoms with Crippen LogP contribution in [-0.2, 0) is 4.74 Å². The summed E-state index contributed by atoms with van der Waals surface area (Å²) in [5.41, 5.74) is 0. The predicted octanol–water partition coefficient (Wildman–Crippen LogP) is 3.20. The molecule has 7 nitrogen and oxygen atoms in total. The fourth-order valence-corrected chi connectivity index (χ4v) is 2.43. The van der Waals surface area contributed by atoms with Crippen LogP contribution in [0.1, 0.15) is 0 Å². The minimum absolute atomic E-state index is 0.356. The third kappa shape index (κ3) is 5.59. The van der Waals surface area contributed by atoms with Gasteiger partial charge in [0.2, 0.25) is 11.5 Å². The SMILES string of the molecule is COc1cccc(OC)c1OCCOCCOc1c(OC)cccc1OC. The molecule has 0 amide bonds. The zero-order valence-corrected chi connectivity index (χ0v) is 16.2. The van der Waals surface area contributed by atoms with Gasteiger partial charge in [-0.05, 0) is 24.3 Å². The standard InChI is InChI=1S/C20H26O7/c1-21-15-7-5-8-16(22-2)19(15)26-13-11-25-12-14-27-20-17(23-3)9-6-10-18(20)24-4/h5-10H,11-14H2,1-4H3. The lowest BCUT2D eigenvalue weighted by Gasteiger charge is -2.15. The van der Waals surface area contributed by atoms with E-state index >= 15 is 0 Å². The summed E-state index contributed by atoms with van der Waals surface area (Å²) >= 11 is 0. The molecule has 0 saturated carbocycles. The van der Waals surface area contributed by atoms with Gasteiger partial charge in [0, 0.05) is 0 Å². The average molecular weight is 378 g/mol. The Morgan fingerprint density at radius 2 is 0.852 bits per heavy atom. The molecular weight excluding hydrogens is 352 g/mol. The average Bonchev–Trinajstić information content (AvgIpc) is 2.72. The van der Waals surface area contributed by atoms with E-state index in [-0.39, 0.29) is 0 Å². The van der Waals surface area contributed by atoms with Crippen molar-refractivity contribution in [2.45, 2.75) is 0 Å². The highest BCUT2D eigenvalue weighted by molar-refractivity contribution is 5.51. The number of benzene rings is 2. The second kappa shape index (κ2) is 11.0. The minimum Gasteiger partial charge on any atom is -0.493 e. The third-order valence-electron chi connectivity index (χ3n) is 3.71. The Labute approximate surface area is 159 Å². The maximum absolute atomic E-state index is 5.73. The van der Waals surface area contributed by atoms with Crippen LogP contribution in [0.5, 0.6) is 34.5 Å². The topological polar surface area (TPSA) is 64.6 Å². The Kier molecular flexibility index (Phi) is 8.38. The van der Waals surface area contributed by atoms with Crippen LogP contribution < -0.4 is 28.4 Å². The molecule has 0 bridgehead atoms. The van der Waals surface area contributed by atoms with Gasteiger partial charge >= 0.3 is 0 Å². The van der Waals surface area contributed by atoms with Crippen molar-refractivity contribution < 1.29 is 33.2 Å². The molecule has 2 aromatic rings. The molecule has 0 fully saturated rings. The third-order valence-corrected chi connectivity index (χ3v) is 3.71. The maximum atomic E-state index is 5.73. The van der Waals surface area contributed by atoms with Crippen molar-refractivity contribution in [2.75, 3.05) is 54.9 Å². The van der Waals surface area contributed by atoms with Crippen LogP contribution in [0.3, 0.4) is 0 Å². The number of ether oxygens (including phenoxy) is 7. The molecule has 0 radical (unpaired) electrons. The highest BCUT2D eigenvalue weighted by atomic mass is 16.6. The Morgan fingerprint density at radius 3 is 1.15 bits per heavy atom. The van der Waals surface area contributed by atoms with Crippen LogP contribution in [0.25, 0.3) is 0 Å². The number of hydrogen-bond donors (Lipinski definition) is 0.